The van der Waals surface area contributed by atoms with Crippen LogP contribution in [0, 0.1) is 6.92 Å². The first kappa shape index (κ1) is 30.0. The molecule has 1 N–H and O–H groups in total. The van der Waals surface area contributed by atoms with Gasteiger partial charge in [-0.2, -0.15) is 0 Å². The molecule has 0 fully saturated rings. The molecule has 208 valence electrons. The van der Waals surface area contributed by atoms with Gasteiger partial charge in [0.25, 0.3) is 10.0 Å². The number of amides is 2. The molecular weight excluding hydrogens is 538 g/mol. The standard InChI is InChI=1S/C29H34ClN3O5S/c1-20(2)31-29(35)22(4)32(18-23-8-6-7-9-27(23)30)28(34)19-33(24-12-14-25(38-5)15-13-24)39(36,37)26-16-10-21(3)11-17-26/h6-17,20,22H,18-19H2,1-5H3,(H,31,35). The topological polar surface area (TPSA) is 96.0 Å². The summed E-state index contributed by atoms with van der Waals surface area (Å²) < 4.78 is 34.0. The van der Waals surface area contributed by atoms with Gasteiger partial charge in [-0.1, -0.05) is 47.5 Å². The Balaban J connectivity index is 2.04. The number of halogens is 1. The maximum atomic E-state index is 13.9. The van der Waals surface area contributed by atoms with Crippen LogP contribution < -0.4 is 14.4 Å². The zero-order valence-electron chi connectivity index (χ0n) is 22.7. The van der Waals surface area contributed by atoms with Crippen LogP contribution in [-0.2, 0) is 26.2 Å². The Kier molecular flexibility index (Phi) is 9.99. The van der Waals surface area contributed by atoms with E-state index in [1.165, 1.54) is 24.1 Å². The van der Waals surface area contributed by atoms with E-state index in [0.29, 0.717) is 16.3 Å². The summed E-state index contributed by atoms with van der Waals surface area (Å²) in [5.41, 5.74) is 1.81. The molecule has 2 amide bonds. The second kappa shape index (κ2) is 13.0. The Morgan fingerprint density at radius 2 is 1.56 bits per heavy atom. The Morgan fingerprint density at radius 3 is 2.13 bits per heavy atom. The largest absolute Gasteiger partial charge is 0.497 e. The number of hydrogen-bond donors (Lipinski definition) is 1. The van der Waals surface area contributed by atoms with E-state index in [1.807, 2.05) is 20.8 Å². The van der Waals surface area contributed by atoms with Crippen molar-refractivity contribution in [2.75, 3.05) is 18.0 Å². The van der Waals surface area contributed by atoms with Gasteiger partial charge in [0.05, 0.1) is 17.7 Å². The molecule has 0 saturated carbocycles. The minimum atomic E-state index is -4.15. The van der Waals surface area contributed by atoms with Crippen LogP contribution in [0.4, 0.5) is 5.69 Å². The highest BCUT2D eigenvalue weighted by Gasteiger charge is 2.33. The van der Waals surface area contributed by atoms with Crippen LogP contribution in [0.2, 0.25) is 5.02 Å². The molecule has 0 saturated heterocycles. The van der Waals surface area contributed by atoms with E-state index in [9.17, 15) is 18.0 Å². The van der Waals surface area contributed by atoms with Gasteiger partial charge in [-0.3, -0.25) is 13.9 Å². The van der Waals surface area contributed by atoms with Crippen LogP contribution in [-0.4, -0.2) is 50.9 Å². The summed E-state index contributed by atoms with van der Waals surface area (Å²) in [5.74, 6) is -0.382. The van der Waals surface area contributed by atoms with Crippen molar-refractivity contribution in [1.29, 1.82) is 0 Å². The number of anilines is 1. The third-order valence-electron chi connectivity index (χ3n) is 6.15. The first-order chi connectivity index (χ1) is 18.4. The lowest BCUT2D eigenvalue weighted by Crippen LogP contribution is -2.52. The second-order valence-electron chi connectivity index (χ2n) is 9.48. The summed E-state index contributed by atoms with van der Waals surface area (Å²) in [4.78, 5) is 28.3. The van der Waals surface area contributed by atoms with Gasteiger partial charge in [-0.05, 0) is 75.7 Å². The number of hydrogen-bond acceptors (Lipinski definition) is 5. The van der Waals surface area contributed by atoms with Gasteiger partial charge in [0, 0.05) is 17.6 Å². The van der Waals surface area contributed by atoms with E-state index < -0.39 is 28.5 Å². The van der Waals surface area contributed by atoms with Crippen LogP contribution in [0.5, 0.6) is 5.75 Å². The molecule has 3 aromatic rings. The highest BCUT2D eigenvalue weighted by molar-refractivity contribution is 7.92. The molecule has 0 aromatic heterocycles. The summed E-state index contributed by atoms with van der Waals surface area (Å²) >= 11 is 6.38. The normalized spacial score (nSPS) is 12.1. The van der Waals surface area contributed by atoms with Gasteiger partial charge >= 0.3 is 0 Å². The van der Waals surface area contributed by atoms with Crippen molar-refractivity contribution in [3.05, 3.63) is 88.9 Å². The van der Waals surface area contributed by atoms with Crippen molar-refractivity contribution in [2.24, 2.45) is 0 Å². The molecule has 0 spiro atoms. The van der Waals surface area contributed by atoms with Crippen molar-refractivity contribution < 1.29 is 22.7 Å². The molecule has 39 heavy (non-hydrogen) atoms. The SMILES string of the molecule is COc1ccc(N(CC(=O)N(Cc2ccccc2Cl)C(C)C(=O)NC(C)C)S(=O)(=O)c2ccc(C)cc2)cc1. The maximum Gasteiger partial charge on any atom is 0.264 e. The quantitative estimate of drug-likeness (QED) is 0.357. The molecule has 1 unspecified atom stereocenters. The fourth-order valence-electron chi connectivity index (χ4n) is 3.91. The number of carbonyl (C=O) groups is 2. The van der Waals surface area contributed by atoms with Crippen molar-refractivity contribution in [1.82, 2.24) is 10.2 Å². The van der Waals surface area contributed by atoms with Crippen LogP contribution >= 0.6 is 11.6 Å². The summed E-state index contributed by atoms with van der Waals surface area (Å²) in [7, 11) is -2.64. The molecule has 3 rings (SSSR count). The van der Waals surface area contributed by atoms with Gasteiger partial charge in [0.15, 0.2) is 0 Å². The molecule has 8 nitrogen and oxygen atoms in total. The minimum absolute atomic E-state index is 0.0201. The minimum Gasteiger partial charge on any atom is -0.497 e. The van der Waals surface area contributed by atoms with Crippen molar-refractivity contribution in [3.63, 3.8) is 0 Å². The molecule has 1 atom stereocenters. The van der Waals surface area contributed by atoms with E-state index >= 15 is 0 Å². The number of rotatable bonds is 11. The van der Waals surface area contributed by atoms with Gasteiger partial charge in [0.2, 0.25) is 11.8 Å². The fraction of sp³-hybridized carbons (Fsp3) is 0.310. The predicted octanol–water partition coefficient (Wildman–Crippen LogP) is 4.79. The van der Waals surface area contributed by atoms with Crippen LogP contribution in [0.15, 0.2) is 77.7 Å². The third kappa shape index (κ3) is 7.52. The van der Waals surface area contributed by atoms with Gasteiger partial charge in [-0.15, -0.1) is 0 Å². The van der Waals surface area contributed by atoms with E-state index in [2.05, 4.69) is 5.32 Å². The lowest BCUT2D eigenvalue weighted by molar-refractivity contribution is -0.139. The van der Waals surface area contributed by atoms with Crippen LogP contribution in [0.1, 0.15) is 31.9 Å². The molecule has 0 aliphatic rings. The zero-order valence-corrected chi connectivity index (χ0v) is 24.3. The van der Waals surface area contributed by atoms with E-state index in [4.69, 9.17) is 16.3 Å². The lowest BCUT2D eigenvalue weighted by atomic mass is 10.1. The maximum absolute atomic E-state index is 13.9. The molecule has 3 aromatic carbocycles. The van der Waals surface area contributed by atoms with Crippen LogP contribution in [0.3, 0.4) is 0 Å². The van der Waals surface area contributed by atoms with Gasteiger partial charge < -0.3 is 15.0 Å². The number of sulfonamides is 1. The molecule has 0 radical (unpaired) electrons. The number of nitrogens with zero attached hydrogens (tertiary/aromatic N) is 2. The number of carbonyl (C=O) groups excluding carboxylic acids is 2. The Bertz CT molecular complexity index is 1390. The number of methoxy groups -OCH3 is 1. The number of nitrogens with one attached hydrogen (secondary N) is 1. The van der Waals surface area contributed by atoms with Gasteiger partial charge in [0.1, 0.15) is 18.3 Å². The zero-order chi connectivity index (χ0) is 28.7. The monoisotopic (exact) mass is 571 g/mol. The summed E-state index contributed by atoms with van der Waals surface area (Å²) in [6.45, 7) is 6.60. The molecule has 0 heterocycles. The smallest absolute Gasteiger partial charge is 0.264 e. The number of benzene rings is 3. The Hall–Kier alpha value is -3.56. The summed E-state index contributed by atoms with van der Waals surface area (Å²) in [6.07, 6.45) is 0. The molecule has 0 aliphatic heterocycles. The highest BCUT2D eigenvalue weighted by Crippen LogP contribution is 2.27. The van der Waals surface area contributed by atoms with Gasteiger partial charge in [-0.25, -0.2) is 8.42 Å². The summed E-state index contributed by atoms with van der Waals surface area (Å²) in [5, 5.41) is 3.26. The lowest BCUT2D eigenvalue weighted by Gasteiger charge is -2.32. The van der Waals surface area contributed by atoms with E-state index in [1.54, 1.807) is 67.6 Å². The average molecular weight is 572 g/mol. The van der Waals surface area contributed by atoms with Crippen molar-refractivity contribution >= 4 is 39.1 Å². The molecule has 10 heteroatoms. The fourth-order valence-corrected chi connectivity index (χ4v) is 5.52. The predicted molar refractivity (Wildman–Crippen MR) is 153 cm³/mol. The Morgan fingerprint density at radius 1 is 0.949 bits per heavy atom. The molecule has 0 aliphatic carbocycles. The van der Waals surface area contributed by atoms with Crippen LogP contribution in [0.25, 0.3) is 0 Å². The third-order valence-corrected chi connectivity index (χ3v) is 8.30. The first-order valence-corrected chi connectivity index (χ1v) is 14.3. The first-order valence-electron chi connectivity index (χ1n) is 12.5. The Labute approximate surface area is 235 Å². The average Bonchev–Trinajstić information content (AvgIpc) is 2.90. The molecule has 0 bridgehead atoms. The second-order valence-corrected chi connectivity index (χ2v) is 11.7. The van der Waals surface area contributed by atoms with Crippen molar-refractivity contribution in [2.45, 2.75) is 51.2 Å². The van der Waals surface area contributed by atoms with E-state index in [-0.39, 0.29) is 29.1 Å². The highest BCUT2D eigenvalue weighted by atomic mass is 35.5. The summed E-state index contributed by atoms with van der Waals surface area (Å²) in [6, 6.07) is 18.8. The van der Waals surface area contributed by atoms with E-state index in [0.717, 1.165) is 9.87 Å². The number of aryl methyl sites for hydroxylation is 1. The molecular formula is C29H34ClN3O5S. The van der Waals surface area contributed by atoms with Crippen molar-refractivity contribution in [3.8, 4) is 5.75 Å². The number of ether oxygens (including phenoxy) is 1.